The molecule has 0 radical (unpaired) electrons. The third-order valence-corrected chi connectivity index (χ3v) is 6.67. The van der Waals surface area contributed by atoms with E-state index in [4.69, 9.17) is 9.47 Å². The van der Waals surface area contributed by atoms with Crippen molar-refractivity contribution in [2.75, 3.05) is 26.4 Å². The SMILES string of the molecule is CC(CO)(CO)COC(=O)CCCC=CCC1C(O)CCC1C=CC(O)COc1cccc(C(F)(F)F)c1. The molecule has 4 unspecified atom stereocenters. The summed E-state index contributed by atoms with van der Waals surface area (Å²) in [7, 11) is 0. The molecule has 0 amide bonds. The first-order valence-electron chi connectivity index (χ1n) is 12.8. The minimum absolute atomic E-state index is 0.0219. The van der Waals surface area contributed by atoms with E-state index in [0.717, 1.165) is 18.6 Å². The van der Waals surface area contributed by atoms with Crippen LogP contribution in [-0.4, -0.2) is 65.0 Å². The molecule has 0 aliphatic heterocycles. The summed E-state index contributed by atoms with van der Waals surface area (Å²) >= 11 is 0. The molecule has 4 N–H and O–H groups in total. The average molecular weight is 545 g/mol. The molecule has 214 valence electrons. The number of unbranched alkanes of at least 4 members (excludes halogenated alkanes) is 1. The predicted octanol–water partition coefficient (Wildman–Crippen LogP) is 4.04. The zero-order chi connectivity index (χ0) is 28.2. The van der Waals surface area contributed by atoms with E-state index in [0.29, 0.717) is 25.7 Å². The highest BCUT2D eigenvalue weighted by Crippen LogP contribution is 2.36. The van der Waals surface area contributed by atoms with E-state index < -0.39 is 35.3 Å². The van der Waals surface area contributed by atoms with Gasteiger partial charge in [0.1, 0.15) is 25.1 Å². The highest BCUT2D eigenvalue weighted by Gasteiger charge is 2.33. The number of ether oxygens (including phenoxy) is 2. The van der Waals surface area contributed by atoms with Crippen LogP contribution < -0.4 is 4.74 Å². The van der Waals surface area contributed by atoms with Crippen molar-refractivity contribution < 1.29 is 47.9 Å². The zero-order valence-electron chi connectivity index (χ0n) is 21.6. The van der Waals surface area contributed by atoms with Crippen molar-refractivity contribution in [2.24, 2.45) is 17.3 Å². The van der Waals surface area contributed by atoms with E-state index in [1.807, 2.05) is 18.2 Å². The number of esters is 1. The van der Waals surface area contributed by atoms with Gasteiger partial charge in [0.25, 0.3) is 0 Å². The molecule has 1 aromatic rings. The second-order valence-electron chi connectivity index (χ2n) is 10.1. The Morgan fingerprint density at radius 3 is 2.61 bits per heavy atom. The maximum Gasteiger partial charge on any atom is 0.416 e. The largest absolute Gasteiger partial charge is 0.491 e. The predicted molar refractivity (Wildman–Crippen MR) is 135 cm³/mol. The van der Waals surface area contributed by atoms with Gasteiger partial charge in [-0.1, -0.05) is 37.3 Å². The third kappa shape index (κ3) is 10.8. The Labute approximate surface area is 221 Å². The molecule has 38 heavy (non-hydrogen) atoms. The van der Waals surface area contributed by atoms with Crippen molar-refractivity contribution in [3.63, 3.8) is 0 Å². The van der Waals surface area contributed by atoms with Crippen LogP contribution in [0.4, 0.5) is 13.2 Å². The van der Waals surface area contributed by atoms with Gasteiger partial charge in [0.05, 0.1) is 24.9 Å². The summed E-state index contributed by atoms with van der Waals surface area (Å²) < 4.78 is 48.9. The standard InChI is InChI=1S/C28H39F3O7/c1-27(17-32,18-33)19-38-26(36)10-5-3-2-4-9-24-20(12-14-25(24)35)11-13-22(34)16-37-23-8-6-7-21(15-23)28(29,30)31/h2,4,6-8,11,13,15,20,22,24-25,32-35H,3,5,9-10,12,14,16-19H2,1H3. The van der Waals surface area contributed by atoms with Crippen molar-refractivity contribution in [1.29, 1.82) is 0 Å². The van der Waals surface area contributed by atoms with Crippen LogP contribution in [0.3, 0.4) is 0 Å². The van der Waals surface area contributed by atoms with Gasteiger partial charge in [-0.2, -0.15) is 13.2 Å². The van der Waals surface area contributed by atoms with Gasteiger partial charge in [0, 0.05) is 11.8 Å². The van der Waals surface area contributed by atoms with Crippen LogP contribution in [-0.2, 0) is 15.7 Å². The first kappa shape index (κ1) is 31.8. The maximum atomic E-state index is 12.8. The summed E-state index contributed by atoms with van der Waals surface area (Å²) in [6.07, 6.45) is 4.81. The summed E-state index contributed by atoms with van der Waals surface area (Å²) in [6.45, 7) is 0.817. The second kappa shape index (κ2) is 15.3. The summed E-state index contributed by atoms with van der Waals surface area (Å²) in [5.74, 6) is -0.356. The monoisotopic (exact) mass is 544 g/mol. The van der Waals surface area contributed by atoms with Crippen molar-refractivity contribution in [2.45, 2.75) is 63.8 Å². The Balaban J connectivity index is 1.73. The molecule has 0 bridgehead atoms. The van der Waals surface area contributed by atoms with Crippen LogP contribution >= 0.6 is 0 Å². The molecule has 0 aromatic heterocycles. The summed E-state index contributed by atoms with van der Waals surface area (Å²) in [5.41, 5.74) is -1.67. The first-order chi connectivity index (χ1) is 18.0. The van der Waals surface area contributed by atoms with E-state index in [1.165, 1.54) is 12.1 Å². The van der Waals surface area contributed by atoms with Gasteiger partial charge in [-0.3, -0.25) is 4.79 Å². The molecule has 0 saturated heterocycles. The lowest BCUT2D eigenvalue weighted by atomic mass is 9.90. The zero-order valence-corrected chi connectivity index (χ0v) is 21.6. The van der Waals surface area contributed by atoms with E-state index in [9.17, 15) is 38.4 Å². The minimum Gasteiger partial charge on any atom is -0.491 e. The Morgan fingerprint density at radius 2 is 1.92 bits per heavy atom. The molecule has 1 aromatic carbocycles. The number of hydrogen-bond donors (Lipinski definition) is 4. The lowest BCUT2D eigenvalue weighted by Gasteiger charge is -2.23. The highest BCUT2D eigenvalue weighted by molar-refractivity contribution is 5.69. The molecule has 2 rings (SSSR count). The summed E-state index contributed by atoms with van der Waals surface area (Å²) in [6, 6.07) is 4.48. The lowest BCUT2D eigenvalue weighted by molar-refractivity contribution is -0.149. The maximum absolute atomic E-state index is 12.8. The van der Waals surface area contributed by atoms with Gasteiger partial charge in [0.2, 0.25) is 0 Å². The average Bonchev–Trinajstić information content (AvgIpc) is 3.25. The smallest absolute Gasteiger partial charge is 0.416 e. The van der Waals surface area contributed by atoms with Gasteiger partial charge in [-0.15, -0.1) is 0 Å². The third-order valence-electron chi connectivity index (χ3n) is 6.67. The Hall–Kier alpha value is -2.40. The highest BCUT2D eigenvalue weighted by atomic mass is 19.4. The molecule has 1 saturated carbocycles. The summed E-state index contributed by atoms with van der Waals surface area (Å²) in [4.78, 5) is 11.8. The molecule has 1 aliphatic rings. The van der Waals surface area contributed by atoms with Gasteiger partial charge in [-0.25, -0.2) is 0 Å². The molecular weight excluding hydrogens is 505 g/mol. The van der Waals surface area contributed by atoms with Gasteiger partial charge in [0.15, 0.2) is 0 Å². The van der Waals surface area contributed by atoms with Crippen LogP contribution in [0.15, 0.2) is 48.6 Å². The molecule has 1 aliphatic carbocycles. The van der Waals surface area contributed by atoms with E-state index in [-0.39, 0.29) is 50.4 Å². The van der Waals surface area contributed by atoms with Crippen LogP contribution in [0.25, 0.3) is 0 Å². The number of hydrogen-bond acceptors (Lipinski definition) is 7. The number of carbonyl (C=O) groups excluding carboxylic acids is 1. The number of aliphatic hydroxyl groups is 4. The van der Waals surface area contributed by atoms with Gasteiger partial charge in [-0.05, 0) is 62.1 Å². The number of aliphatic hydroxyl groups excluding tert-OH is 4. The Morgan fingerprint density at radius 1 is 1.18 bits per heavy atom. The number of carbonyl (C=O) groups is 1. The van der Waals surface area contributed by atoms with Crippen molar-refractivity contribution in [3.8, 4) is 5.75 Å². The molecule has 0 spiro atoms. The Bertz CT molecular complexity index is 912. The van der Waals surface area contributed by atoms with Crippen molar-refractivity contribution in [3.05, 3.63) is 54.1 Å². The minimum atomic E-state index is -4.47. The van der Waals surface area contributed by atoms with E-state index >= 15 is 0 Å². The van der Waals surface area contributed by atoms with Crippen LogP contribution in [0.5, 0.6) is 5.75 Å². The normalized spacial score (nSPS) is 21.3. The first-order valence-corrected chi connectivity index (χ1v) is 12.8. The molecular formula is C28H39F3O7. The fraction of sp³-hybridized carbons (Fsp3) is 0.607. The van der Waals surface area contributed by atoms with Gasteiger partial charge >= 0.3 is 12.1 Å². The molecule has 4 atom stereocenters. The topological polar surface area (TPSA) is 116 Å². The van der Waals surface area contributed by atoms with E-state index in [1.54, 1.807) is 13.0 Å². The lowest BCUT2D eigenvalue weighted by Crippen LogP contribution is -2.32. The summed E-state index contributed by atoms with van der Waals surface area (Å²) in [5, 5.41) is 39.0. The molecule has 0 heterocycles. The number of allylic oxidation sites excluding steroid dienone is 3. The van der Waals surface area contributed by atoms with E-state index in [2.05, 4.69) is 0 Å². The number of halogens is 3. The molecule has 1 fully saturated rings. The number of benzene rings is 1. The fourth-order valence-corrected chi connectivity index (χ4v) is 4.12. The molecule has 7 nitrogen and oxygen atoms in total. The van der Waals surface area contributed by atoms with Crippen LogP contribution in [0.1, 0.15) is 51.0 Å². The van der Waals surface area contributed by atoms with Crippen LogP contribution in [0.2, 0.25) is 0 Å². The second-order valence-corrected chi connectivity index (χ2v) is 10.1. The number of rotatable bonds is 15. The van der Waals surface area contributed by atoms with Crippen molar-refractivity contribution >= 4 is 5.97 Å². The van der Waals surface area contributed by atoms with Gasteiger partial charge < -0.3 is 29.9 Å². The van der Waals surface area contributed by atoms with Crippen molar-refractivity contribution in [1.82, 2.24) is 0 Å². The number of alkyl halides is 3. The van der Waals surface area contributed by atoms with Crippen LogP contribution in [0, 0.1) is 17.3 Å². The Kier molecular flexibility index (Phi) is 12.8. The molecule has 10 heteroatoms. The fourth-order valence-electron chi connectivity index (χ4n) is 4.12. The quantitative estimate of drug-likeness (QED) is 0.150.